The van der Waals surface area contributed by atoms with Gasteiger partial charge in [0.15, 0.2) is 0 Å². The van der Waals surface area contributed by atoms with Crippen LogP contribution in [0.5, 0.6) is 5.75 Å². The molecule has 1 aromatic carbocycles. The number of hydrogen-bond acceptors (Lipinski definition) is 4. The van der Waals surface area contributed by atoms with Gasteiger partial charge >= 0.3 is 6.61 Å². The lowest BCUT2D eigenvalue weighted by atomic mass is 10.3. The van der Waals surface area contributed by atoms with E-state index in [4.69, 9.17) is 5.26 Å². The van der Waals surface area contributed by atoms with Gasteiger partial charge < -0.3 is 10.1 Å². The lowest BCUT2D eigenvalue weighted by Crippen LogP contribution is -2.04. The molecule has 0 unspecified atom stereocenters. The average molecular weight is 261 g/mol. The predicted octanol–water partition coefficient (Wildman–Crippen LogP) is 3.30. The van der Waals surface area contributed by atoms with Crippen molar-refractivity contribution in [3.05, 3.63) is 48.2 Å². The second-order valence-corrected chi connectivity index (χ2v) is 3.52. The first kappa shape index (κ1) is 12.8. The first-order chi connectivity index (χ1) is 9.19. The molecule has 0 amide bonds. The van der Waals surface area contributed by atoms with Crippen LogP contribution >= 0.6 is 0 Å². The molecule has 1 heterocycles. The summed E-state index contributed by atoms with van der Waals surface area (Å²) in [5.41, 5.74) is 0.586. The molecule has 2 rings (SSSR count). The number of para-hydroxylation sites is 2. The normalized spacial score (nSPS) is 10.0. The average Bonchev–Trinajstić information content (AvgIpc) is 2.41. The minimum Gasteiger partial charge on any atom is -0.433 e. The molecule has 0 aliphatic carbocycles. The maximum atomic E-state index is 12.2. The zero-order valence-corrected chi connectivity index (χ0v) is 9.68. The minimum atomic E-state index is -2.90. The van der Waals surface area contributed by atoms with Gasteiger partial charge in [-0.2, -0.15) is 14.0 Å². The number of nitrogens with zero attached hydrogens (tertiary/aromatic N) is 2. The summed E-state index contributed by atoms with van der Waals surface area (Å²) in [6, 6.07) is 13.0. The number of ether oxygens (including phenoxy) is 1. The number of pyridine rings is 1. The third-order valence-corrected chi connectivity index (χ3v) is 2.23. The van der Waals surface area contributed by atoms with Crippen molar-refractivity contribution in [2.75, 3.05) is 5.32 Å². The monoisotopic (exact) mass is 261 g/mol. The van der Waals surface area contributed by atoms with E-state index >= 15 is 0 Å². The van der Waals surface area contributed by atoms with E-state index in [2.05, 4.69) is 15.0 Å². The Morgan fingerprint density at radius 2 is 1.95 bits per heavy atom. The molecule has 0 atom stereocenters. The Kier molecular flexibility index (Phi) is 3.88. The Hall–Kier alpha value is -2.68. The maximum Gasteiger partial charge on any atom is 0.387 e. The lowest BCUT2D eigenvalue weighted by Gasteiger charge is -2.11. The van der Waals surface area contributed by atoms with E-state index in [1.807, 2.05) is 6.07 Å². The fraction of sp³-hybridized carbons (Fsp3) is 0.0769. The van der Waals surface area contributed by atoms with Crippen LogP contribution in [-0.2, 0) is 0 Å². The molecular weight excluding hydrogens is 252 g/mol. The fourth-order valence-electron chi connectivity index (χ4n) is 1.47. The number of nitrogens with one attached hydrogen (secondary N) is 1. The number of nitriles is 1. The van der Waals surface area contributed by atoms with Crippen LogP contribution in [0.3, 0.4) is 0 Å². The van der Waals surface area contributed by atoms with E-state index < -0.39 is 6.61 Å². The smallest absolute Gasteiger partial charge is 0.387 e. The molecule has 96 valence electrons. The van der Waals surface area contributed by atoms with Crippen molar-refractivity contribution in [1.82, 2.24) is 4.98 Å². The molecule has 1 aromatic heterocycles. The number of rotatable bonds is 4. The maximum absolute atomic E-state index is 12.2. The Morgan fingerprint density at radius 1 is 1.16 bits per heavy atom. The topological polar surface area (TPSA) is 57.9 Å². The molecule has 0 fully saturated rings. The summed E-state index contributed by atoms with van der Waals surface area (Å²) in [7, 11) is 0. The van der Waals surface area contributed by atoms with E-state index in [1.165, 1.54) is 6.07 Å². The van der Waals surface area contributed by atoms with E-state index in [0.717, 1.165) is 0 Å². The van der Waals surface area contributed by atoms with Gasteiger partial charge in [0.05, 0.1) is 5.69 Å². The van der Waals surface area contributed by atoms with Crippen LogP contribution in [0.1, 0.15) is 5.69 Å². The molecule has 0 saturated carbocycles. The molecule has 2 aromatic rings. The van der Waals surface area contributed by atoms with Crippen molar-refractivity contribution < 1.29 is 13.5 Å². The molecular formula is C13H9F2N3O. The number of anilines is 2. The first-order valence-electron chi connectivity index (χ1n) is 5.37. The lowest BCUT2D eigenvalue weighted by molar-refractivity contribution is -0.0493. The van der Waals surface area contributed by atoms with Crippen LogP contribution in [0.4, 0.5) is 20.3 Å². The minimum absolute atomic E-state index is 0.0154. The van der Waals surface area contributed by atoms with Gasteiger partial charge in [0.25, 0.3) is 0 Å². The SMILES string of the molecule is N#Cc1cccc(Nc2ccccc2OC(F)F)n1. The Bertz CT molecular complexity index is 611. The largest absolute Gasteiger partial charge is 0.433 e. The van der Waals surface area contributed by atoms with Gasteiger partial charge in [-0.25, -0.2) is 4.98 Å². The number of halogens is 2. The summed E-state index contributed by atoms with van der Waals surface area (Å²) < 4.78 is 28.9. The zero-order valence-electron chi connectivity index (χ0n) is 9.68. The molecule has 6 heteroatoms. The van der Waals surface area contributed by atoms with Crippen LogP contribution < -0.4 is 10.1 Å². The van der Waals surface area contributed by atoms with Gasteiger partial charge in [0.1, 0.15) is 23.3 Å². The fourth-order valence-corrected chi connectivity index (χ4v) is 1.47. The zero-order chi connectivity index (χ0) is 13.7. The number of alkyl halides is 2. The van der Waals surface area contributed by atoms with Crippen molar-refractivity contribution >= 4 is 11.5 Å². The highest BCUT2D eigenvalue weighted by molar-refractivity contribution is 5.64. The van der Waals surface area contributed by atoms with Gasteiger partial charge in [0, 0.05) is 0 Å². The van der Waals surface area contributed by atoms with E-state index in [9.17, 15) is 8.78 Å². The predicted molar refractivity (Wildman–Crippen MR) is 65.3 cm³/mol. The third-order valence-electron chi connectivity index (χ3n) is 2.23. The van der Waals surface area contributed by atoms with Crippen molar-refractivity contribution in [1.29, 1.82) is 5.26 Å². The van der Waals surface area contributed by atoms with E-state index in [0.29, 0.717) is 11.5 Å². The van der Waals surface area contributed by atoms with Gasteiger partial charge in [-0.1, -0.05) is 18.2 Å². The van der Waals surface area contributed by atoms with Crippen molar-refractivity contribution in [3.63, 3.8) is 0 Å². The summed E-state index contributed by atoms with van der Waals surface area (Å²) in [5, 5.41) is 11.6. The summed E-state index contributed by atoms with van der Waals surface area (Å²) in [4.78, 5) is 3.99. The van der Waals surface area contributed by atoms with Gasteiger partial charge in [0.2, 0.25) is 0 Å². The van der Waals surface area contributed by atoms with Crippen LogP contribution in [0, 0.1) is 11.3 Å². The molecule has 0 saturated heterocycles. The highest BCUT2D eigenvalue weighted by Gasteiger charge is 2.09. The van der Waals surface area contributed by atoms with Crippen LogP contribution in [-0.4, -0.2) is 11.6 Å². The first-order valence-corrected chi connectivity index (χ1v) is 5.37. The van der Waals surface area contributed by atoms with Crippen LogP contribution in [0.2, 0.25) is 0 Å². The quantitative estimate of drug-likeness (QED) is 0.917. The van der Waals surface area contributed by atoms with E-state index in [-0.39, 0.29) is 11.4 Å². The molecule has 0 aliphatic rings. The molecule has 0 aliphatic heterocycles. The van der Waals surface area contributed by atoms with Gasteiger partial charge in [-0.05, 0) is 24.3 Å². The second kappa shape index (κ2) is 5.78. The Morgan fingerprint density at radius 3 is 2.68 bits per heavy atom. The molecule has 0 radical (unpaired) electrons. The van der Waals surface area contributed by atoms with Crippen molar-refractivity contribution in [2.45, 2.75) is 6.61 Å². The summed E-state index contributed by atoms with van der Waals surface area (Å²) in [5.74, 6) is 0.394. The van der Waals surface area contributed by atoms with E-state index in [1.54, 1.807) is 36.4 Å². The molecule has 0 spiro atoms. The molecule has 0 bridgehead atoms. The summed E-state index contributed by atoms with van der Waals surface area (Å²) in [6.07, 6.45) is 0. The number of aromatic nitrogens is 1. The Balaban J connectivity index is 2.25. The van der Waals surface area contributed by atoms with Crippen LogP contribution in [0.25, 0.3) is 0 Å². The van der Waals surface area contributed by atoms with Gasteiger partial charge in [-0.3, -0.25) is 0 Å². The van der Waals surface area contributed by atoms with Crippen molar-refractivity contribution in [2.24, 2.45) is 0 Å². The van der Waals surface area contributed by atoms with Crippen molar-refractivity contribution in [3.8, 4) is 11.8 Å². The summed E-state index contributed by atoms with van der Waals surface area (Å²) in [6.45, 7) is -2.90. The highest BCUT2D eigenvalue weighted by Crippen LogP contribution is 2.27. The third kappa shape index (κ3) is 3.39. The Labute approximate surface area is 108 Å². The molecule has 1 N–H and O–H groups in total. The molecule has 4 nitrogen and oxygen atoms in total. The van der Waals surface area contributed by atoms with Crippen LogP contribution in [0.15, 0.2) is 42.5 Å². The van der Waals surface area contributed by atoms with Gasteiger partial charge in [-0.15, -0.1) is 0 Å². The number of hydrogen-bond donors (Lipinski definition) is 1. The standard InChI is InChI=1S/C13H9F2N3O/c14-13(15)19-11-6-2-1-5-10(11)18-12-7-3-4-9(8-16)17-12/h1-7,13H,(H,17,18). The second-order valence-electron chi connectivity index (χ2n) is 3.52. The number of benzene rings is 1. The summed E-state index contributed by atoms with van der Waals surface area (Å²) >= 11 is 0. The highest BCUT2D eigenvalue weighted by atomic mass is 19.3. The molecule has 19 heavy (non-hydrogen) atoms.